The highest BCUT2D eigenvalue weighted by Gasteiger charge is 2.31. The molecule has 2 aliphatic rings. The average molecular weight is 455 g/mol. The summed E-state index contributed by atoms with van der Waals surface area (Å²) < 4.78 is 29.4. The van der Waals surface area contributed by atoms with Crippen LogP contribution in [0.3, 0.4) is 0 Å². The zero-order valence-corrected chi connectivity index (χ0v) is 19.7. The van der Waals surface area contributed by atoms with Crippen LogP contribution in [0.4, 0.5) is 5.69 Å². The van der Waals surface area contributed by atoms with Crippen LogP contribution in [0.2, 0.25) is 0 Å². The molecule has 4 rings (SSSR count). The summed E-state index contributed by atoms with van der Waals surface area (Å²) in [5.74, 6) is 0.658. The highest BCUT2D eigenvalue weighted by Crippen LogP contribution is 2.33. The lowest BCUT2D eigenvalue weighted by atomic mass is 10.1. The van der Waals surface area contributed by atoms with Crippen LogP contribution in [0.25, 0.3) is 0 Å². The van der Waals surface area contributed by atoms with E-state index in [9.17, 15) is 13.2 Å². The Bertz CT molecular complexity index is 1120. The first-order valence-corrected chi connectivity index (χ1v) is 12.5. The Kier molecular flexibility index (Phi) is 6.35. The Balaban J connectivity index is 1.49. The number of amides is 1. The third kappa shape index (κ3) is 4.71. The molecular weight excluding hydrogens is 424 g/mol. The number of piperazine rings is 1. The first kappa shape index (κ1) is 22.5. The predicted molar refractivity (Wildman–Crippen MR) is 127 cm³/mol. The van der Waals surface area contributed by atoms with Crippen molar-refractivity contribution in [2.45, 2.75) is 32.2 Å². The Labute approximate surface area is 190 Å². The molecule has 2 heterocycles. The first-order chi connectivity index (χ1) is 15.2. The molecule has 0 spiro atoms. The van der Waals surface area contributed by atoms with E-state index in [1.165, 1.54) is 11.6 Å². The molecule has 2 aromatic carbocycles. The van der Waals surface area contributed by atoms with E-state index in [1.807, 2.05) is 23.1 Å². The Morgan fingerprint density at radius 2 is 1.72 bits per heavy atom. The lowest BCUT2D eigenvalue weighted by Crippen LogP contribution is -2.48. The molecule has 7 nitrogen and oxygen atoms in total. The molecular formula is C24H30N4O3S. The van der Waals surface area contributed by atoms with Crippen LogP contribution < -0.4 is 4.90 Å². The summed E-state index contributed by atoms with van der Waals surface area (Å²) in [6, 6.07) is 15.3. The number of amidine groups is 1. The van der Waals surface area contributed by atoms with Crippen LogP contribution in [0, 0.1) is 5.92 Å². The number of benzene rings is 2. The van der Waals surface area contributed by atoms with Crippen molar-refractivity contribution in [1.82, 2.24) is 9.80 Å². The fourth-order valence-electron chi connectivity index (χ4n) is 4.25. The number of rotatable bonds is 5. The van der Waals surface area contributed by atoms with Crippen molar-refractivity contribution < 1.29 is 13.2 Å². The summed E-state index contributed by atoms with van der Waals surface area (Å²) in [4.78, 5) is 19.3. The van der Waals surface area contributed by atoms with E-state index in [-0.39, 0.29) is 10.8 Å². The van der Waals surface area contributed by atoms with E-state index >= 15 is 0 Å². The molecule has 0 N–H and O–H groups in total. The van der Waals surface area contributed by atoms with Crippen molar-refractivity contribution in [3.63, 3.8) is 0 Å². The fourth-order valence-corrected chi connectivity index (χ4v) is 5.52. The molecule has 1 amide bonds. The summed E-state index contributed by atoms with van der Waals surface area (Å²) in [5, 5.41) is 0. The van der Waals surface area contributed by atoms with Crippen LogP contribution >= 0.6 is 0 Å². The van der Waals surface area contributed by atoms with Crippen molar-refractivity contribution >= 4 is 27.5 Å². The maximum Gasteiger partial charge on any atom is 0.286 e. The van der Waals surface area contributed by atoms with Gasteiger partial charge in [0.2, 0.25) is 0 Å². The summed E-state index contributed by atoms with van der Waals surface area (Å²) in [6.07, 6.45) is 0. The molecule has 0 aliphatic carbocycles. The average Bonchev–Trinajstić information content (AvgIpc) is 2.77. The maximum atomic E-state index is 13.1. The second-order valence-electron chi connectivity index (χ2n) is 8.85. The highest BCUT2D eigenvalue weighted by molar-refractivity contribution is 7.90. The number of nitrogens with zero attached hydrogens (tertiary/aromatic N) is 4. The van der Waals surface area contributed by atoms with E-state index < -0.39 is 10.0 Å². The van der Waals surface area contributed by atoms with Crippen molar-refractivity contribution in [2.24, 2.45) is 10.3 Å². The largest absolute Gasteiger partial charge is 0.336 e. The third-order valence-electron chi connectivity index (χ3n) is 5.87. The van der Waals surface area contributed by atoms with Gasteiger partial charge in [-0.15, -0.1) is 4.40 Å². The number of carbonyl (C=O) groups is 1. The summed E-state index contributed by atoms with van der Waals surface area (Å²) in [6.45, 7) is 10.2. The number of sulfonamides is 1. The van der Waals surface area contributed by atoms with Crippen molar-refractivity contribution in [3.05, 3.63) is 59.7 Å². The summed E-state index contributed by atoms with van der Waals surface area (Å²) >= 11 is 0. The number of fused-ring (bicyclic) bond motifs is 1. The van der Waals surface area contributed by atoms with E-state index in [4.69, 9.17) is 0 Å². The molecule has 1 fully saturated rings. The van der Waals surface area contributed by atoms with Crippen LogP contribution in [0.5, 0.6) is 0 Å². The number of hydrogen-bond acceptors (Lipinski definition) is 5. The van der Waals surface area contributed by atoms with Gasteiger partial charge >= 0.3 is 0 Å². The molecule has 0 aromatic heterocycles. The molecule has 2 aromatic rings. The predicted octanol–water partition coefficient (Wildman–Crippen LogP) is 3.23. The monoisotopic (exact) mass is 454 g/mol. The quantitative estimate of drug-likeness (QED) is 0.694. The Hall–Kier alpha value is -2.71. The van der Waals surface area contributed by atoms with Crippen molar-refractivity contribution in [1.29, 1.82) is 0 Å². The SMILES string of the molecule is CC1=NS(=O)(=O)c2cc(C(=O)N3CCN(Cc4ccccc4)CC3)ccc2N1CC(C)C. The van der Waals surface area contributed by atoms with Crippen LogP contribution in [0.15, 0.2) is 57.8 Å². The van der Waals surface area contributed by atoms with E-state index in [1.54, 1.807) is 24.0 Å². The van der Waals surface area contributed by atoms with Gasteiger partial charge in [-0.1, -0.05) is 44.2 Å². The van der Waals surface area contributed by atoms with Crippen LogP contribution in [0.1, 0.15) is 36.7 Å². The zero-order chi connectivity index (χ0) is 22.9. The van der Waals surface area contributed by atoms with E-state index in [2.05, 4.69) is 35.3 Å². The van der Waals surface area contributed by atoms with Gasteiger partial charge in [0.1, 0.15) is 10.7 Å². The van der Waals surface area contributed by atoms with Gasteiger partial charge in [0.15, 0.2) is 0 Å². The minimum absolute atomic E-state index is 0.109. The van der Waals surface area contributed by atoms with Gasteiger partial charge in [-0.05, 0) is 36.6 Å². The molecule has 8 heteroatoms. The summed E-state index contributed by atoms with van der Waals surface area (Å²) in [5.41, 5.74) is 2.24. The standard InChI is InChI=1S/C24H30N4O3S/c1-18(2)16-28-19(3)25-32(30,31)23-15-21(9-10-22(23)28)24(29)27-13-11-26(12-14-27)17-20-7-5-4-6-8-20/h4-10,15,18H,11-14,16-17H2,1-3H3. The van der Waals surface area contributed by atoms with Gasteiger partial charge in [0.25, 0.3) is 15.9 Å². The third-order valence-corrected chi connectivity index (χ3v) is 7.26. The minimum atomic E-state index is -3.82. The second kappa shape index (κ2) is 9.03. The van der Waals surface area contributed by atoms with Crippen LogP contribution in [-0.2, 0) is 16.6 Å². The molecule has 0 atom stereocenters. The molecule has 1 saturated heterocycles. The first-order valence-electron chi connectivity index (χ1n) is 11.0. The topological polar surface area (TPSA) is 73.3 Å². The minimum Gasteiger partial charge on any atom is -0.336 e. The van der Waals surface area contributed by atoms with E-state index in [0.29, 0.717) is 42.6 Å². The lowest BCUT2D eigenvalue weighted by molar-refractivity contribution is 0.0628. The highest BCUT2D eigenvalue weighted by atomic mass is 32.2. The molecule has 32 heavy (non-hydrogen) atoms. The van der Waals surface area contributed by atoms with Crippen molar-refractivity contribution in [2.75, 3.05) is 37.6 Å². The smallest absolute Gasteiger partial charge is 0.286 e. The van der Waals surface area contributed by atoms with Gasteiger partial charge in [-0.3, -0.25) is 9.69 Å². The molecule has 0 unspecified atom stereocenters. The zero-order valence-electron chi connectivity index (χ0n) is 18.9. The molecule has 0 saturated carbocycles. The van der Waals surface area contributed by atoms with Crippen LogP contribution in [-0.4, -0.2) is 62.7 Å². The maximum absolute atomic E-state index is 13.1. The molecule has 2 aliphatic heterocycles. The fraction of sp³-hybridized carbons (Fsp3) is 0.417. The lowest BCUT2D eigenvalue weighted by Gasteiger charge is -2.35. The number of hydrogen-bond donors (Lipinski definition) is 0. The molecule has 170 valence electrons. The Morgan fingerprint density at radius 3 is 2.38 bits per heavy atom. The van der Waals surface area contributed by atoms with Gasteiger partial charge in [0, 0.05) is 44.8 Å². The van der Waals surface area contributed by atoms with Gasteiger partial charge in [0.05, 0.1) is 5.69 Å². The van der Waals surface area contributed by atoms with Crippen molar-refractivity contribution in [3.8, 4) is 0 Å². The van der Waals surface area contributed by atoms with Gasteiger partial charge in [-0.2, -0.15) is 8.42 Å². The normalized spacial score (nSPS) is 18.4. The summed E-state index contributed by atoms with van der Waals surface area (Å²) in [7, 11) is -3.82. The Morgan fingerprint density at radius 1 is 1.03 bits per heavy atom. The van der Waals surface area contributed by atoms with Gasteiger partial charge < -0.3 is 9.80 Å². The molecule has 0 radical (unpaired) electrons. The second-order valence-corrected chi connectivity index (χ2v) is 10.4. The molecule has 0 bridgehead atoms. The number of carbonyl (C=O) groups excluding carboxylic acids is 1. The van der Waals surface area contributed by atoms with Gasteiger partial charge in [-0.25, -0.2) is 0 Å². The van der Waals surface area contributed by atoms with E-state index in [0.717, 1.165) is 19.6 Å². The number of anilines is 1.